The first-order chi connectivity index (χ1) is 7.03. The van der Waals surface area contributed by atoms with Crippen LogP contribution in [0.5, 0.6) is 11.5 Å². The second kappa shape index (κ2) is 11.2. The molecule has 1 aromatic carbocycles. The summed E-state index contributed by atoms with van der Waals surface area (Å²) < 4.78 is 59.9. The average Bonchev–Trinajstić information content (AvgIpc) is 2.05. The summed E-state index contributed by atoms with van der Waals surface area (Å²) in [5, 5.41) is 18.1. The molecule has 0 aliphatic rings. The predicted molar refractivity (Wildman–Crippen MR) is 53.8 cm³/mol. The van der Waals surface area contributed by atoms with E-state index in [1.807, 2.05) is 0 Å². The van der Waals surface area contributed by atoms with Crippen LogP contribution in [0, 0.1) is 0 Å². The maximum Gasteiger partial charge on any atom is 1.00 e. The maximum absolute atomic E-state index is 10.7. The molecule has 1 aromatic rings. The standard InChI is InChI=1S/C6H6O8S2.4Na.4H/c7-4-1-3(15(9,10)11)2-5(6(4)8)16(12,13)14;;;;;;;;/h1-2,7-8H,(H,9,10,11)(H,12,13,14);;;;;;;;/q;4*+1;4*-1. The molecule has 0 aromatic heterocycles. The fraction of sp³-hybridized carbons (Fsp3) is 0. The number of hydrogen-bond acceptors (Lipinski definition) is 6. The Balaban J connectivity index is -0.0000000533. The van der Waals surface area contributed by atoms with Gasteiger partial charge in [-0.15, -0.1) is 0 Å². The maximum atomic E-state index is 10.7. The van der Waals surface area contributed by atoms with Crippen LogP contribution in [0.2, 0.25) is 0 Å². The minimum Gasteiger partial charge on any atom is -1.00 e. The number of hydrogen-bond donors (Lipinski definition) is 4. The zero-order valence-corrected chi connectivity index (χ0v) is 21.0. The molecule has 4 N–H and O–H groups in total. The van der Waals surface area contributed by atoms with Crippen molar-refractivity contribution in [3.8, 4) is 11.5 Å². The summed E-state index contributed by atoms with van der Waals surface area (Å²) in [6.45, 7) is 0. The van der Waals surface area contributed by atoms with Gasteiger partial charge >= 0.3 is 118 Å². The molecule has 0 heterocycles. The molecule has 0 fully saturated rings. The average molecular weight is 366 g/mol. The summed E-state index contributed by atoms with van der Waals surface area (Å²) in [7, 11) is -9.70. The van der Waals surface area contributed by atoms with E-state index in [9.17, 15) is 16.8 Å². The van der Waals surface area contributed by atoms with Crippen molar-refractivity contribution in [1.82, 2.24) is 0 Å². The third-order valence-corrected chi connectivity index (χ3v) is 3.30. The summed E-state index contributed by atoms with van der Waals surface area (Å²) in [5.41, 5.74) is 0. The van der Waals surface area contributed by atoms with E-state index < -0.39 is 41.5 Å². The summed E-state index contributed by atoms with van der Waals surface area (Å²) in [6.07, 6.45) is 0. The van der Waals surface area contributed by atoms with E-state index in [0.29, 0.717) is 12.1 Å². The van der Waals surface area contributed by atoms with E-state index in [-0.39, 0.29) is 124 Å². The largest absolute Gasteiger partial charge is 1.00 e. The molecule has 14 heteroatoms. The molecule has 0 bridgehead atoms. The van der Waals surface area contributed by atoms with Crippen LogP contribution in [-0.4, -0.2) is 36.2 Å². The summed E-state index contributed by atoms with van der Waals surface area (Å²) >= 11 is 0. The molecule has 0 atom stereocenters. The molecule has 20 heavy (non-hydrogen) atoms. The van der Waals surface area contributed by atoms with Crippen molar-refractivity contribution in [3.63, 3.8) is 0 Å². The van der Waals surface area contributed by atoms with Gasteiger partial charge in [-0.3, -0.25) is 9.11 Å². The smallest absolute Gasteiger partial charge is 1.00 e. The second-order valence-electron chi connectivity index (χ2n) is 2.74. The van der Waals surface area contributed by atoms with Crippen LogP contribution in [0.15, 0.2) is 21.9 Å². The van der Waals surface area contributed by atoms with Gasteiger partial charge in [-0.05, 0) is 6.07 Å². The fourth-order valence-electron chi connectivity index (χ4n) is 0.914. The van der Waals surface area contributed by atoms with Crippen molar-refractivity contribution < 1.29 is 160 Å². The monoisotopic (exact) mass is 366 g/mol. The quantitative estimate of drug-likeness (QED) is 0.229. The molecule has 0 saturated heterocycles. The van der Waals surface area contributed by atoms with Gasteiger partial charge in [0.1, 0.15) is 4.90 Å². The van der Waals surface area contributed by atoms with Crippen molar-refractivity contribution in [3.05, 3.63) is 12.1 Å². The molecule has 0 aliphatic carbocycles. The van der Waals surface area contributed by atoms with Gasteiger partial charge in [0.05, 0.1) is 4.90 Å². The Labute approximate surface area is 210 Å². The van der Waals surface area contributed by atoms with Crippen LogP contribution in [-0.2, 0) is 20.2 Å². The van der Waals surface area contributed by atoms with Gasteiger partial charge < -0.3 is 15.9 Å². The molecule has 8 nitrogen and oxygen atoms in total. The minimum absolute atomic E-state index is 0. The Kier molecular flexibility index (Phi) is 17.1. The SMILES string of the molecule is O=S(=O)(O)c1cc(O)c(O)c(S(=O)(=O)O)c1.[H-].[H-].[H-].[H-].[Na+].[Na+].[Na+].[Na+]. The van der Waals surface area contributed by atoms with Crippen LogP contribution >= 0.6 is 0 Å². The third kappa shape index (κ3) is 8.48. The summed E-state index contributed by atoms with van der Waals surface area (Å²) in [6, 6.07) is 0.735. The van der Waals surface area contributed by atoms with Crippen molar-refractivity contribution in [2.45, 2.75) is 9.79 Å². The van der Waals surface area contributed by atoms with E-state index in [1.165, 1.54) is 0 Å². The molecule has 0 aliphatic heterocycles. The topological polar surface area (TPSA) is 149 Å². The normalized spacial score (nSPS) is 10.1. The van der Waals surface area contributed by atoms with Gasteiger partial charge in [0, 0.05) is 6.07 Å². The van der Waals surface area contributed by atoms with Crippen molar-refractivity contribution >= 4 is 20.2 Å². The molecule has 0 amide bonds. The van der Waals surface area contributed by atoms with Gasteiger partial charge in [0.25, 0.3) is 20.2 Å². The predicted octanol–water partition coefficient (Wildman–Crippen LogP) is -11.9. The summed E-state index contributed by atoms with van der Waals surface area (Å²) in [4.78, 5) is -2.20. The fourth-order valence-corrected chi connectivity index (χ4v) is 2.14. The third-order valence-electron chi connectivity index (χ3n) is 1.60. The molecule has 0 spiro atoms. The zero-order chi connectivity index (χ0) is 12.7. The van der Waals surface area contributed by atoms with Crippen LogP contribution in [0.1, 0.15) is 5.71 Å². The van der Waals surface area contributed by atoms with E-state index in [2.05, 4.69) is 0 Å². The van der Waals surface area contributed by atoms with Gasteiger partial charge in [-0.25, -0.2) is 0 Å². The van der Waals surface area contributed by atoms with Crippen molar-refractivity contribution in [1.29, 1.82) is 0 Å². The number of benzene rings is 1. The van der Waals surface area contributed by atoms with E-state index >= 15 is 0 Å². The Bertz CT molecular complexity index is 657. The van der Waals surface area contributed by atoms with Gasteiger partial charge in [0.15, 0.2) is 11.5 Å². The van der Waals surface area contributed by atoms with E-state index in [1.54, 1.807) is 0 Å². The summed E-state index contributed by atoms with van der Waals surface area (Å²) in [5.74, 6) is -2.32. The number of aromatic hydroxyl groups is 2. The molecular formula is C6H10Na4O8S2. The van der Waals surface area contributed by atoms with Crippen molar-refractivity contribution in [2.75, 3.05) is 0 Å². The Morgan fingerprint density at radius 2 is 1.20 bits per heavy atom. The zero-order valence-electron chi connectivity index (χ0n) is 15.4. The number of rotatable bonds is 2. The second-order valence-corrected chi connectivity index (χ2v) is 5.55. The first-order valence-electron chi connectivity index (χ1n) is 3.54. The Morgan fingerprint density at radius 1 is 0.800 bits per heavy atom. The van der Waals surface area contributed by atoms with Crippen LogP contribution < -0.4 is 118 Å². The first-order valence-corrected chi connectivity index (χ1v) is 6.42. The number of phenols is 2. The van der Waals surface area contributed by atoms with Crippen LogP contribution in [0.4, 0.5) is 0 Å². The molecule has 1 rings (SSSR count). The first kappa shape index (κ1) is 30.5. The molecule has 98 valence electrons. The molecular weight excluding hydrogens is 356 g/mol. The van der Waals surface area contributed by atoms with E-state index in [4.69, 9.17) is 19.3 Å². The van der Waals surface area contributed by atoms with Gasteiger partial charge in [0.2, 0.25) is 0 Å². The van der Waals surface area contributed by atoms with Crippen LogP contribution in [0.25, 0.3) is 0 Å². The van der Waals surface area contributed by atoms with Crippen LogP contribution in [0.3, 0.4) is 0 Å². The Hall–Kier alpha value is 2.64. The van der Waals surface area contributed by atoms with E-state index in [0.717, 1.165) is 0 Å². The van der Waals surface area contributed by atoms with Crippen molar-refractivity contribution in [2.24, 2.45) is 0 Å². The minimum atomic E-state index is -4.92. The molecule has 0 radical (unpaired) electrons. The van der Waals surface area contributed by atoms with Gasteiger partial charge in [-0.2, -0.15) is 16.8 Å². The number of phenolic OH excluding ortho intramolecular Hbond substituents is 2. The van der Waals surface area contributed by atoms with Gasteiger partial charge in [-0.1, -0.05) is 0 Å². The Morgan fingerprint density at radius 3 is 1.50 bits per heavy atom. The molecule has 0 unspecified atom stereocenters. The molecule has 0 saturated carbocycles.